The van der Waals surface area contributed by atoms with Gasteiger partial charge in [-0.2, -0.15) is 0 Å². The predicted octanol–water partition coefficient (Wildman–Crippen LogP) is 3.65. The van der Waals surface area contributed by atoms with Gasteiger partial charge in [0.2, 0.25) is 0 Å². The Kier molecular flexibility index (Phi) is 3.76. The number of thiazole rings is 1. The van der Waals surface area contributed by atoms with Gasteiger partial charge in [0.05, 0.1) is 12.2 Å². The van der Waals surface area contributed by atoms with Crippen LogP contribution in [0.3, 0.4) is 0 Å². The fraction of sp³-hybridized carbons (Fsp3) is 0.471. The van der Waals surface area contributed by atoms with Gasteiger partial charge >= 0.3 is 0 Å². The van der Waals surface area contributed by atoms with Crippen LogP contribution in [0.1, 0.15) is 35.0 Å². The lowest BCUT2D eigenvalue weighted by atomic mass is 10.1. The van der Waals surface area contributed by atoms with Crippen LogP contribution in [-0.2, 0) is 13.1 Å². The van der Waals surface area contributed by atoms with Gasteiger partial charge < -0.3 is 10.2 Å². The Balaban J connectivity index is 1.94. The van der Waals surface area contributed by atoms with Crippen LogP contribution in [0.25, 0.3) is 0 Å². The molecule has 0 amide bonds. The number of nitrogens with zero attached hydrogens (tertiary/aromatic N) is 2. The molecule has 0 atom stereocenters. The van der Waals surface area contributed by atoms with Crippen molar-refractivity contribution in [1.82, 2.24) is 10.3 Å². The van der Waals surface area contributed by atoms with E-state index in [4.69, 9.17) is 4.98 Å². The molecule has 1 aromatic heterocycles. The summed E-state index contributed by atoms with van der Waals surface area (Å²) >= 11 is 1.82. The Hall–Kier alpha value is -1.39. The molecular weight excluding hydrogens is 278 g/mol. The quantitative estimate of drug-likeness (QED) is 0.918. The van der Waals surface area contributed by atoms with Gasteiger partial charge in [-0.15, -0.1) is 11.3 Å². The Morgan fingerprint density at radius 2 is 2.05 bits per heavy atom. The highest BCUT2D eigenvalue weighted by Gasteiger charge is 2.27. The van der Waals surface area contributed by atoms with E-state index in [0.717, 1.165) is 25.3 Å². The molecule has 21 heavy (non-hydrogen) atoms. The lowest BCUT2D eigenvalue weighted by Crippen LogP contribution is -2.46. The second kappa shape index (κ2) is 5.43. The molecular formula is C17H23N3S. The first kappa shape index (κ1) is 14.5. The number of hydrogen-bond donors (Lipinski definition) is 1. The highest BCUT2D eigenvalue weighted by atomic mass is 32.1. The van der Waals surface area contributed by atoms with Crippen LogP contribution in [0.4, 0.5) is 5.69 Å². The van der Waals surface area contributed by atoms with E-state index < -0.39 is 0 Å². The molecule has 1 aromatic carbocycles. The second-order valence-corrected chi connectivity index (χ2v) is 7.76. The molecule has 3 nitrogen and oxygen atoms in total. The molecule has 0 saturated carbocycles. The van der Waals surface area contributed by atoms with Crippen LogP contribution in [0.15, 0.2) is 24.3 Å². The Bertz CT molecular complexity index is 626. The van der Waals surface area contributed by atoms with Crippen LogP contribution >= 0.6 is 11.3 Å². The molecule has 0 fully saturated rings. The SMILES string of the molecule is Cc1nc(CN2CC(C)(C)NCc3ccccc32)sc1C. The van der Waals surface area contributed by atoms with E-state index in [1.165, 1.54) is 21.1 Å². The van der Waals surface area contributed by atoms with E-state index in [-0.39, 0.29) is 5.54 Å². The van der Waals surface area contributed by atoms with Gasteiger partial charge in [0.1, 0.15) is 5.01 Å². The molecule has 2 aromatic rings. The van der Waals surface area contributed by atoms with Gasteiger partial charge in [-0.25, -0.2) is 4.98 Å². The fourth-order valence-electron chi connectivity index (χ4n) is 2.83. The van der Waals surface area contributed by atoms with Crippen molar-refractivity contribution < 1.29 is 0 Å². The molecule has 0 radical (unpaired) electrons. The summed E-state index contributed by atoms with van der Waals surface area (Å²) in [6.45, 7) is 11.6. The smallest absolute Gasteiger partial charge is 0.112 e. The van der Waals surface area contributed by atoms with Crippen LogP contribution in [0, 0.1) is 13.8 Å². The highest BCUT2D eigenvalue weighted by Crippen LogP contribution is 2.29. The van der Waals surface area contributed by atoms with Crippen LogP contribution in [0.5, 0.6) is 0 Å². The van der Waals surface area contributed by atoms with Gasteiger partial charge in [0.15, 0.2) is 0 Å². The number of aryl methyl sites for hydroxylation is 2. The fourth-order valence-corrected chi connectivity index (χ4v) is 3.78. The summed E-state index contributed by atoms with van der Waals surface area (Å²) in [5.41, 5.74) is 3.96. The Morgan fingerprint density at radius 3 is 2.76 bits per heavy atom. The molecule has 0 saturated heterocycles. The number of para-hydroxylation sites is 1. The molecule has 0 aliphatic carbocycles. The van der Waals surface area contributed by atoms with Crippen molar-refractivity contribution in [2.45, 2.75) is 46.3 Å². The summed E-state index contributed by atoms with van der Waals surface area (Å²) in [6, 6.07) is 8.69. The normalized spacial score (nSPS) is 17.4. The lowest BCUT2D eigenvalue weighted by Gasteiger charge is -2.31. The van der Waals surface area contributed by atoms with Crippen molar-refractivity contribution in [2.75, 3.05) is 11.4 Å². The summed E-state index contributed by atoms with van der Waals surface area (Å²) in [5.74, 6) is 0. The standard InChI is InChI=1S/C17H23N3S/c1-12-13(2)21-16(19-12)10-20-11-17(3,4)18-9-14-7-5-6-8-15(14)20/h5-8,18H,9-11H2,1-4H3. The zero-order valence-electron chi connectivity index (χ0n) is 13.2. The summed E-state index contributed by atoms with van der Waals surface area (Å²) in [6.07, 6.45) is 0. The van der Waals surface area contributed by atoms with E-state index in [2.05, 4.69) is 62.2 Å². The minimum atomic E-state index is 0.0976. The number of rotatable bonds is 2. The molecule has 112 valence electrons. The number of anilines is 1. The first-order valence-corrected chi connectivity index (χ1v) is 8.27. The Morgan fingerprint density at radius 1 is 1.29 bits per heavy atom. The van der Waals surface area contributed by atoms with E-state index in [1.807, 2.05) is 11.3 Å². The molecule has 4 heteroatoms. The van der Waals surface area contributed by atoms with E-state index in [1.54, 1.807) is 0 Å². The third kappa shape index (κ3) is 3.11. The maximum atomic E-state index is 4.71. The number of fused-ring (bicyclic) bond motifs is 1. The molecule has 1 N–H and O–H groups in total. The number of aromatic nitrogens is 1. The average molecular weight is 301 g/mol. The van der Waals surface area contributed by atoms with Gasteiger partial charge in [0, 0.05) is 29.2 Å². The molecule has 1 aliphatic heterocycles. The topological polar surface area (TPSA) is 28.2 Å². The maximum Gasteiger partial charge on any atom is 0.112 e. The average Bonchev–Trinajstić information content (AvgIpc) is 2.67. The largest absolute Gasteiger partial charge is 0.363 e. The van der Waals surface area contributed by atoms with Crippen LogP contribution in [-0.4, -0.2) is 17.1 Å². The summed E-state index contributed by atoms with van der Waals surface area (Å²) < 4.78 is 0. The van der Waals surface area contributed by atoms with E-state index >= 15 is 0 Å². The molecule has 3 rings (SSSR count). The third-order valence-corrected chi connectivity index (χ3v) is 5.13. The van der Waals surface area contributed by atoms with Crippen molar-refractivity contribution in [1.29, 1.82) is 0 Å². The maximum absolute atomic E-state index is 4.71. The summed E-state index contributed by atoms with van der Waals surface area (Å²) in [4.78, 5) is 8.50. The second-order valence-electron chi connectivity index (χ2n) is 6.47. The number of benzene rings is 1. The number of nitrogens with one attached hydrogen (secondary N) is 1. The van der Waals surface area contributed by atoms with Gasteiger partial charge in [0.25, 0.3) is 0 Å². The summed E-state index contributed by atoms with van der Waals surface area (Å²) in [7, 11) is 0. The molecule has 0 spiro atoms. The minimum absolute atomic E-state index is 0.0976. The molecule has 0 bridgehead atoms. The monoisotopic (exact) mass is 301 g/mol. The number of hydrogen-bond acceptors (Lipinski definition) is 4. The van der Waals surface area contributed by atoms with E-state index in [9.17, 15) is 0 Å². The van der Waals surface area contributed by atoms with Crippen molar-refractivity contribution >= 4 is 17.0 Å². The molecule has 2 heterocycles. The lowest BCUT2D eigenvalue weighted by molar-refractivity contribution is 0.395. The van der Waals surface area contributed by atoms with Gasteiger partial charge in [-0.1, -0.05) is 18.2 Å². The molecule has 0 unspecified atom stereocenters. The Labute approximate surface area is 131 Å². The minimum Gasteiger partial charge on any atom is -0.363 e. The van der Waals surface area contributed by atoms with E-state index in [0.29, 0.717) is 0 Å². The van der Waals surface area contributed by atoms with Gasteiger partial charge in [-0.3, -0.25) is 0 Å². The summed E-state index contributed by atoms with van der Waals surface area (Å²) in [5, 5.41) is 4.86. The van der Waals surface area contributed by atoms with Crippen molar-refractivity contribution in [2.24, 2.45) is 0 Å². The predicted molar refractivity (Wildman–Crippen MR) is 90.0 cm³/mol. The highest BCUT2D eigenvalue weighted by molar-refractivity contribution is 7.11. The molecule has 1 aliphatic rings. The van der Waals surface area contributed by atoms with Crippen molar-refractivity contribution in [3.05, 3.63) is 45.4 Å². The zero-order chi connectivity index (χ0) is 15.0. The van der Waals surface area contributed by atoms with Crippen LogP contribution < -0.4 is 10.2 Å². The zero-order valence-corrected chi connectivity index (χ0v) is 14.0. The first-order chi connectivity index (χ1) is 9.94. The van der Waals surface area contributed by atoms with Crippen molar-refractivity contribution in [3.63, 3.8) is 0 Å². The van der Waals surface area contributed by atoms with Crippen molar-refractivity contribution in [3.8, 4) is 0 Å². The third-order valence-electron chi connectivity index (χ3n) is 4.07. The van der Waals surface area contributed by atoms with Gasteiger partial charge in [-0.05, 0) is 39.3 Å². The van der Waals surface area contributed by atoms with Crippen LogP contribution in [0.2, 0.25) is 0 Å². The first-order valence-electron chi connectivity index (χ1n) is 7.45.